The predicted molar refractivity (Wildman–Crippen MR) is 71.8 cm³/mol. The number of sulfone groups is 1. The van der Waals surface area contributed by atoms with Gasteiger partial charge in [-0.25, -0.2) is 8.42 Å². The first-order valence-electron chi connectivity index (χ1n) is 5.47. The average Bonchev–Trinajstić information content (AvgIpc) is 2.37. The molecule has 0 aromatic heterocycles. The van der Waals surface area contributed by atoms with Crippen LogP contribution in [0.2, 0.25) is 0 Å². The van der Waals surface area contributed by atoms with E-state index in [4.69, 9.17) is 0 Å². The van der Waals surface area contributed by atoms with Crippen molar-refractivity contribution in [3.63, 3.8) is 0 Å². The molecular weight excluding hydrogens is 264 g/mol. The van der Waals surface area contributed by atoms with Crippen molar-refractivity contribution in [3.8, 4) is 5.75 Å². The van der Waals surface area contributed by atoms with Crippen LogP contribution in [0.4, 0.5) is 11.4 Å². The van der Waals surface area contributed by atoms with E-state index in [2.05, 4.69) is 10.2 Å². The fourth-order valence-electron chi connectivity index (χ4n) is 1.42. The number of nitrogens with zero attached hydrogens (tertiary/aromatic N) is 2. The highest BCUT2D eigenvalue weighted by Crippen LogP contribution is 2.30. The fraction of sp³-hybridized carbons (Fsp3) is 0.0769. The Balaban J connectivity index is 2.38. The van der Waals surface area contributed by atoms with Crippen molar-refractivity contribution < 1.29 is 13.5 Å². The van der Waals surface area contributed by atoms with Gasteiger partial charge >= 0.3 is 0 Å². The molecular formula is C13H12N2O3S. The molecule has 2 rings (SSSR count). The zero-order valence-electron chi connectivity index (χ0n) is 10.2. The molecule has 0 amide bonds. The van der Waals surface area contributed by atoms with Crippen LogP contribution in [0.3, 0.4) is 0 Å². The summed E-state index contributed by atoms with van der Waals surface area (Å²) in [6, 6.07) is 12.9. The van der Waals surface area contributed by atoms with E-state index in [0.29, 0.717) is 5.69 Å². The van der Waals surface area contributed by atoms with E-state index in [1.165, 1.54) is 18.2 Å². The first-order chi connectivity index (χ1) is 8.97. The van der Waals surface area contributed by atoms with Gasteiger partial charge in [0.2, 0.25) is 0 Å². The van der Waals surface area contributed by atoms with Crippen molar-refractivity contribution in [3.05, 3.63) is 48.5 Å². The topological polar surface area (TPSA) is 79.1 Å². The predicted octanol–water partition coefficient (Wildman–Crippen LogP) is 3.21. The van der Waals surface area contributed by atoms with E-state index in [-0.39, 0.29) is 16.3 Å². The van der Waals surface area contributed by atoms with E-state index in [1.807, 2.05) is 6.07 Å². The highest BCUT2D eigenvalue weighted by molar-refractivity contribution is 7.90. The molecule has 0 unspecified atom stereocenters. The number of aromatic hydroxyl groups is 1. The molecule has 1 N–H and O–H groups in total. The molecule has 0 radical (unpaired) electrons. The van der Waals surface area contributed by atoms with Gasteiger partial charge in [0.1, 0.15) is 11.4 Å². The molecule has 0 bridgehead atoms. The Morgan fingerprint density at radius 1 is 1.00 bits per heavy atom. The molecule has 2 aromatic carbocycles. The summed E-state index contributed by atoms with van der Waals surface area (Å²) in [5, 5.41) is 17.4. The number of hydrogen-bond donors (Lipinski definition) is 1. The molecule has 0 saturated carbocycles. The minimum atomic E-state index is -3.34. The first kappa shape index (κ1) is 13.2. The lowest BCUT2D eigenvalue weighted by atomic mass is 10.3. The van der Waals surface area contributed by atoms with Crippen LogP contribution in [-0.4, -0.2) is 19.8 Å². The van der Waals surface area contributed by atoms with E-state index >= 15 is 0 Å². The Hall–Kier alpha value is -2.21. The summed E-state index contributed by atoms with van der Waals surface area (Å²) in [6.07, 6.45) is 1.09. The Kier molecular flexibility index (Phi) is 3.62. The van der Waals surface area contributed by atoms with Crippen LogP contribution < -0.4 is 0 Å². The van der Waals surface area contributed by atoms with E-state index < -0.39 is 9.84 Å². The molecule has 0 heterocycles. The molecule has 0 aliphatic heterocycles. The van der Waals surface area contributed by atoms with Gasteiger partial charge in [0, 0.05) is 6.26 Å². The lowest BCUT2D eigenvalue weighted by molar-refractivity contribution is 0.476. The summed E-state index contributed by atoms with van der Waals surface area (Å²) in [6.45, 7) is 0. The molecule has 5 nitrogen and oxygen atoms in total. The maximum atomic E-state index is 11.4. The third-order valence-electron chi connectivity index (χ3n) is 2.40. The minimum absolute atomic E-state index is 0.0901. The number of azo groups is 1. The van der Waals surface area contributed by atoms with Gasteiger partial charge in [0.15, 0.2) is 9.84 Å². The Morgan fingerprint density at radius 2 is 1.68 bits per heavy atom. The smallest absolute Gasteiger partial charge is 0.175 e. The van der Waals surface area contributed by atoms with Crippen molar-refractivity contribution in [2.45, 2.75) is 4.90 Å². The largest absolute Gasteiger partial charge is 0.506 e. The third-order valence-corrected chi connectivity index (χ3v) is 3.51. The van der Waals surface area contributed by atoms with Gasteiger partial charge in [0.25, 0.3) is 0 Å². The van der Waals surface area contributed by atoms with Crippen LogP contribution in [-0.2, 0) is 9.84 Å². The summed E-state index contributed by atoms with van der Waals surface area (Å²) in [5.74, 6) is -0.118. The van der Waals surface area contributed by atoms with Gasteiger partial charge < -0.3 is 5.11 Å². The average molecular weight is 276 g/mol. The van der Waals surface area contributed by atoms with Crippen LogP contribution >= 0.6 is 0 Å². The number of benzene rings is 2. The quantitative estimate of drug-likeness (QED) is 0.874. The van der Waals surface area contributed by atoms with Crippen molar-refractivity contribution in [1.29, 1.82) is 0 Å². The van der Waals surface area contributed by atoms with E-state index in [1.54, 1.807) is 24.3 Å². The van der Waals surface area contributed by atoms with Gasteiger partial charge in [-0.1, -0.05) is 18.2 Å². The molecule has 0 aliphatic carbocycles. The van der Waals surface area contributed by atoms with Crippen molar-refractivity contribution in [2.75, 3.05) is 6.26 Å². The second kappa shape index (κ2) is 5.19. The summed E-state index contributed by atoms with van der Waals surface area (Å²) < 4.78 is 22.8. The summed E-state index contributed by atoms with van der Waals surface area (Å²) >= 11 is 0. The standard InChI is InChI=1S/C13H12N2O3S/c1-19(17,18)11-7-8-13(16)12(9-11)15-14-10-5-3-2-4-6-10/h2-9,16H,1H3/b15-14+. The number of rotatable bonds is 3. The number of hydrogen-bond acceptors (Lipinski definition) is 5. The van der Waals surface area contributed by atoms with Gasteiger partial charge in [0.05, 0.1) is 10.6 Å². The van der Waals surface area contributed by atoms with Crippen molar-refractivity contribution in [1.82, 2.24) is 0 Å². The Bertz CT molecular complexity index is 710. The lowest BCUT2D eigenvalue weighted by Gasteiger charge is -2.01. The van der Waals surface area contributed by atoms with Gasteiger partial charge in [-0.05, 0) is 30.3 Å². The van der Waals surface area contributed by atoms with Crippen LogP contribution in [0.5, 0.6) is 5.75 Å². The maximum absolute atomic E-state index is 11.4. The number of phenols is 1. The van der Waals surface area contributed by atoms with E-state index in [0.717, 1.165) is 6.26 Å². The number of phenolic OH excluding ortho intramolecular Hbond substituents is 1. The van der Waals surface area contributed by atoms with Gasteiger partial charge in [-0.3, -0.25) is 0 Å². The molecule has 0 fully saturated rings. The second-order valence-corrected chi connectivity index (χ2v) is 5.97. The summed E-state index contributed by atoms with van der Waals surface area (Å²) in [7, 11) is -3.34. The minimum Gasteiger partial charge on any atom is -0.506 e. The molecule has 0 aliphatic rings. The first-order valence-corrected chi connectivity index (χ1v) is 7.36. The van der Waals surface area contributed by atoms with Gasteiger partial charge in [-0.15, -0.1) is 5.11 Å². The second-order valence-electron chi connectivity index (χ2n) is 3.96. The molecule has 6 heteroatoms. The lowest BCUT2D eigenvalue weighted by Crippen LogP contribution is -1.95. The van der Waals surface area contributed by atoms with Crippen LogP contribution in [0.25, 0.3) is 0 Å². The molecule has 2 aromatic rings. The molecule has 19 heavy (non-hydrogen) atoms. The summed E-state index contributed by atoms with van der Waals surface area (Å²) in [5.41, 5.74) is 0.735. The fourth-order valence-corrected chi connectivity index (χ4v) is 2.06. The molecule has 98 valence electrons. The highest BCUT2D eigenvalue weighted by atomic mass is 32.2. The molecule has 0 saturated heterocycles. The molecule has 0 atom stereocenters. The highest BCUT2D eigenvalue weighted by Gasteiger charge is 2.10. The van der Waals surface area contributed by atoms with Crippen molar-refractivity contribution in [2.24, 2.45) is 10.2 Å². The Labute approximate surface area is 111 Å². The monoisotopic (exact) mass is 276 g/mol. The van der Waals surface area contributed by atoms with Crippen LogP contribution in [0, 0.1) is 0 Å². The van der Waals surface area contributed by atoms with E-state index in [9.17, 15) is 13.5 Å². The third kappa shape index (κ3) is 3.38. The summed E-state index contributed by atoms with van der Waals surface area (Å²) in [4.78, 5) is 0.0901. The molecule has 0 spiro atoms. The zero-order chi connectivity index (χ0) is 13.9. The zero-order valence-corrected chi connectivity index (χ0v) is 11.0. The maximum Gasteiger partial charge on any atom is 0.175 e. The van der Waals surface area contributed by atoms with Crippen molar-refractivity contribution >= 4 is 21.2 Å². The normalized spacial score (nSPS) is 11.8. The SMILES string of the molecule is CS(=O)(=O)c1ccc(O)c(/N=N/c2ccccc2)c1. The Morgan fingerprint density at radius 3 is 2.32 bits per heavy atom. The van der Waals surface area contributed by atoms with Gasteiger partial charge in [-0.2, -0.15) is 5.11 Å². The van der Waals surface area contributed by atoms with Crippen LogP contribution in [0.1, 0.15) is 0 Å². The van der Waals surface area contributed by atoms with Crippen LogP contribution in [0.15, 0.2) is 63.7 Å².